The molecular formula is C29H46F3NO3. The summed E-state index contributed by atoms with van der Waals surface area (Å²) in [7, 11) is 0. The summed E-state index contributed by atoms with van der Waals surface area (Å²) in [5.74, 6) is -1.40. The molecule has 2 bridgehead atoms. The molecular weight excluding hydrogens is 467 g/mol. The first-order valence-electron chi connectivity index (χ1n) is 13.9. The van der Waals surface area contributed by atoms with Gasteiger partial charge >= 0.3 is 12.1 Å². The number of carboxylic acids is 1. The maximum Gasteiger partial charge on any atom is 0.420 e. The minimum atomic E-state index is -4.58. The summed E-state index contributed by atoms with van der Waals surface area (Å²) in [6.45, 7) is 12.0. The zero-order valence-electron chi connectivity index (χ0n) is 22.6. The highest BCUT2D eigenvalue weighted by molar-refractivity contribution is 5.70. The van der Waals surface area contributed by atoms with Crippen LogP contribution in [-0.4, -0.2) is 46.9 Å². The number of allylic oxidation sites excluding steroid dienone is 2. The van der Waals surface area contributed by atoms with Gasteiger partial charge in [0.2, 0.25) is 0 Å². The summed E-state index contributed by atoms with van der Waals surface area (Å²) < 4.78 is 49.7. The Morgan fingerprint density at radius 1 is 1.14 bits per heavy atom. The van der Waals surface area contributed by atoms with Crippen LogP contribution in [0.2, 0.25) is 0 Å². The Kier molecular flexibility index (Phi) is 12.1. The monoisotopic (exact) mass is 513 g/mol. The molecule has 0 aromatic heterocycles. The van der Waals surface area contributed by atoms with Gasteiger partial charge in [-0.05, 0) is 62.5 Å². The molecule has 2 saturated heterocycles. The molecule has 0 spiro atoms. The second-order valence-corrected chi connectivity index (χ2v) is 10.4. The number of nitrogens with zero attached hydrogens (tertiary/aromatic N) is 1. The highest BCUT2D eigenvalue weighted by Gasteiger charge is 2.43. The number of alkyl halides is 3. The zero-order valence-corrected chi connectivity index (χ0v) is 22.6. The predicted molar refractivity (Wildman–Crippen MR) is 139 cm³/mol. The number of ether oxygens (including phenoxy) is 1. The molecule has 2 rings (SSSR count). The minimum absolute atomic E-state index is 0.0917. The smallest absolute Gasteiger partial charge is 0.420 e. The van der Waals surface area contributed by atoms with Crippen LogP contribution in [0.3, 0.4) is 0 Å². The summed E-state index contributed by atoms with van der Waals surface area (Å²) in [6.07, 6.45) is 5.68. The summed E-state index contributed by atoms with van der Waals surface area (Å²) in [6, 6.07) is 0.183. The lowest BCUT2D eigenvalue weighted by molar-refractivity contribution is -0.146. The lowest BCUT2D eigenvalue weighted by Crippen LogP contribution is -2.53. The van der Waals surface area contributed by atoms with Gasteiger partial charge in [0.1, 0.15) is 11.3 Å². The lowest BCUT2D eigenvalue weighted by Gasteiger charge is -2.48. The second kappa shape index (κ2) is 14.3. The summed E-state index contributed by atoms with van der Waals surface area (Å²) in [5.41, 5.74) is 0.230. The fraction of sp³-hybridized carbons (Fsp3) is 0.759. The fourth-order valence-electron chi connectivity index (χ4n) is 5.90. The van der Waals surface area contributed by atoms with Gasteiger partial charge in [0, 0.05) is 18.6 Å². The Balaban J connectivity index is 2.44. The number of unbranched alkanes of at least 4 members (excludes halogenated alkanes) is 1. The van der Waals surface area contributed by atoms with Crippen LogP contribution in [0.15, 0.2) is 35.1 Å². The highest BCUT2D eigenvalue weighted by Crippen LogP contribution is 2.42. The second-order valence-electron chi connectivity index (χ2n) is 10.4. The molecule has 3 unspecified atom stereocenters. The summed E-state index contributed by atoms with van der Waals surface area (Å²) in [4.78, 5) is 14.0. The Hall–Kier alpha value is -1.76. The first-order valence-corrected chi connectivity index (χ1v) is 13.9. The van der Waals surface area contributed by atoms with Crippen LogP contribution in [0, 0.1) is 5.92 Å². The van der Waals surface area contributed by atoms with Crippen molar-refractivity contribution in [3.05, 3.63) is 35.1 Å². The van der Waals surface area contributed by atoms with Gasteiger partial charge < -0.3 is 9.84 Å². The average Bonchev–Trinajstić information content (AvgIpc) is 2.79. The Morgan fingerprint density at radius 3 is 2.25 bits per heavy atom. The maximum atomic E-state index is 14.6. The summed E-state index contributed by atoms with van der Waals surface area (Å²) in [5, 5.41) is 9.59. The van der Waals surface area contributed by atoms with Gasteiger partial charge in [-0.15, -0.1) is 0 Å². The molecule has 0 aliphatic carbocycles. The number of piperidine rings is 2. The molecule has 0 aromatic carbocycles. The van der Waals surface area contributed by atoms with Gasteiger partial charge in [-0.1, -0.05) is 66.0 Å². The van der Waals surface area contributed by atoms with Gasteiger partial charge in [0.25, 0.3) is 0 Å². The van der Waals surface area contributed by atoms with Crippen molar-refractivity contribution < 1.29 is 27.8 Å². The number of fused-ring (bicyclic) bond motifs is 2. The van der Waals surface area contributed by atoms with Gasteiger partial charge in [0.05, 0.1) is 12.0 Å². The van der Waals surface area contributed by atoms with Crippen LogP contribution in [-0.2, 0) is 9.53 Å². The predicted octanol–water partition coefficient (Wildman–Crippen LogP) is 8.20. The highest BCUT2D eigenvalue weighted by atomic mass is 19.4. The number of hydrogen-bond donors (Lipinski definition) is 1. The van der Waals surface area contributed by atoms with E-state index in [9.17, 15) is 23.1 Å². The standard InChI is InChI=1S/C29H46F3NO3/c1-6-10-16-25(9-4)36-20(5)27(29(30,31)32)26(13-8-3)21(12-7-2)19-33-23-14-11-15-24(33)18-22(17-23)28(34)35/h12,22-25H,5-11,13-19H2,1-4H3,(H,34,35). The number of carboxylic acid groups (broad SMARTS) is 1. The molecule has 3 atom stereocenters. The SMILES string of the molecule is C=C(OC(CC)CCCC)C(=C(CCC)C(=CCC)CN1C2CCCC1CC(C(=O)O)C2)C(F)(F)F. The third-order valence-corrected chi connectivity index (χ3v) is 7.67. The number of aliphatic carboxylic acids is 1. The first kappa shape index (κ1) is 30.5. The van der Waals surface area contributed by atoms with E-state index < -0.39 is 17.7 Å². The topological polar surface area (TPSA) is 49.8 Å². The van der Waals surface area contributed by atoms with Gasteiger partial charge in [0.15, 0.2) is 0 Å². The van der Waals surface area contributed by atoms with Crippen molar-refractivity contribution in [3.63, 3.8) is 0 Å². The van der Waals surface area contributed by atoms with Gasteiger partial charge in [-0.25, -0.2) is 0 Å². The maximum absolute atomic E-state index is 14.6. The molecule has 4 nitrogen and oxygen atoms in total. The molecule has 206 valence electrons. The molecule has 2 heterocycles. The van der Waals surface area contributed by atoms with E-state index in [0.717, 1.165) is 32.1 Å². The normalized spacial score (nSPS) is 24.8. The van der Waals surface area contributed by atoms with Gasteiger partial charge in [-0.2, -0.15) is 13.2 Å². The van der Waals surface area contributed by atoms with E-state index in [-0.39, 0.29) is 41.9 Å². The number of rotatable bonds is 14. The number of carbonyl (C=O) groups is 1. The van der Waals surface area contributed by atoms with Crippen LogP contribution in [0.25, 0.3) is 0 Å². The third-order valence-electron chi connectivity index (χ3n) is 7.67. The van der Waals surface area contributed by atoms with Crippen molar-refractivity contribution in [3.8, 4) is 0 Å². The number of hydrogen-bond acceptors (Lipinski definition) is 3. The van der Waals surface area contributed by atoms with Crippen LogP contribution >= 0.6 is 0 Å². The molecule has 1 N–H and O–H groups in total. The third kappa shape index (κ3) is 8.12. The largest absolute Gasteiger partial charge is 0.490 e. The molecule has 0 radical (unpaired) electrons. The Bertz CT molecular complexity index is 788. The van der Waals surface area contributed by atoms with E-state index in [1.807, 2.05) is 26.8 Å². The zero-order chi connectivity index (χ0) is 26.9. The van der Waals surface area contributed by atoms with E-state index in [0.29, 0.717) is 50.6 Å². The molecule has 0 amide bonds. The first-order chi connectivity index (χ1) is 17.1. The number of halogens is 3. The fourth-order valence-corrected chi connectivity index (χ4v) is 5.90. The molecule has 0 saturated carbocycles. The average molecular weight is 514 g/mol. The van der Waals surface area contributed by atoms with Crippen molar-refractivity contribution >= 4 is 5.97 Å². The van der Waals surface area contributed by atoms with E-state index in [2.05, 4.69) is 18.4 Å². The van der Waals surface area contributed by atoms with Crippen LogP contribution in [0.5, 0.6) is 0 Å². The Labute approximate surface area is 215 Å². The lowest BCUT2D eigenvalue weighted by atomic mass is 9.77. The minimum Gasteiger partial charge on any atom is -0.490 e. The van der Waals surface area contributed by atoms with E-state index >= 15 is 0 Å². The quantitative estimate of drug-likeness (QED) is 0.188. The van der Waals surface area contributed by atoms with E-state index in [4.69, 9.17) is 4.74 Å². The van der Waals surface area contributed by atoms with E-state index in [1.165, 1.54) is 0 Å². The molecule has 2 aliphatic heterocycles. The van der Waals surface area contributed by atoms with Crippen molar-refractivity contribution in [2.45, 2.75) is 129 Å². The Morgan fingerprint density at radius 2 is 1.78 bits per heavy atom. The van der Waals surface area contributed by atoms with Gasteiger partial charge in [-0.3, -0.25) is 9.69 Å². The molecule has 36 heavy (non-hydrogen) atoms. The molecule has 2 fully saturated rings. The molecule has 2 aliphatic rings. The van der Waals surface area contributed by atoms with Crippen LogP contribution < -0.4 is 0 Å². The van der Waals surface area contributed by atoms with E-state index in [1.54, 1.807) is 0 Å². The summed E-state index contributed by atoms with van der Waals surface area (Å²) >= 11 is 0. The van der Waals surface area contributed by atoms with Crippen LogP contribution in [0.4, 0.5) is 13.2 Å². The molecule has 0 aromatic rings. The van der Waals surface area contributed by atoms with Crippen molar-refractivity contribution in [1.82, 2.24) is 4.90 Å². The van der Waals surface area contributed by atoms with Crippen molar-refractivity contribution in [2.75, 3.05) is 6.54 Å². The van der Waals surface area contributed by atoms with Crippen molar-refractivity contribution in [2.24, 2.45) is 5.92 Å². The van der Waals surface area contributed by atoms with Crippen LogP contribution in [0.1, 0.15) is 105 Å². The molecule has 7 heteroatoms. The van der Waals surface area contributed by atoms with Crippen molar-refractivity contribution in [1.29, 1.82) is 0 Å².